The summed E-state index contributed by atoms with van der Waals surface area (Å²) < 4.78 is 27.2. The lowest BCUT2D eigenvalue weighted by Gasteiger charge is -2.15. The Balaban J connectivity index is 2.31. The van der Waals surface area contributed by atoms with Crippen LogP contribution in [0.4, 0.5) is 0 Å². The van der Waals surface area contributed by atoms with Crippen LogP contribution in [-0.2, 0) is 17.1 Å². The van der Waals surface area contributed by atoms with Crippen molar-refractivity contribution in [3.63, 3.8) is 0 Å². The van der Waals surface area contributed by atoms with Crippen LogP contribution in [0.15, 0.2) is 17.3 Å². The Hall–Kier alpha value is -0.920. The maximum atomic E-state index is 12.2. The molecule has 2 rings (SSSR count). The van der Waals surface area contributed by atoms with Crippen LogP contribution >= 0.6 is 0 Å². The maximum Gasteiger partial charge on any atom is 0.260 e. The molecule has 7 heteroatoms. The van der Waals surface area contributed by atoms with Crippen LogP contribution in [0.1, 0.15) is 6.92 Å². The van der Waals surface area contributed by atoms with Gasteiger partial charge in [-0.15, -0.1) is 0 Å². The molecule has 16 heavy (non-hydrogen) atoms. The third-order valence-electron chi connectivity index (χ3n) is 3.02. The molecule has 0 aromatic carbocycles. The molecule has 0 aliphatic carbocycles. The first-order valence-corrected chi connectivity index (χ1v) is 6.60. The van der Waals surface area contributed by atoms with E-state index in [9.17, 15) is 8.42 Å². The smallest absolute Gasteiger partial charge is 0.260 e. The van der Waals surface area contributed by atoms with Gasteiger partial charge < -0.3 is 5.73 Å². The molecule has 1 aromatic rings. The highest BCUT2D eigenvalue weighted by atomic mass is 32.2. The molecule has 1 saturated heterocycles. The minimum atomic E-state index is -3.44. The van der Waals surface area contributed by atoms with Gasteiger partial charge in [-0.05, 0) is 12.0 Å². The zero-order valence-corrected chi connectivity index (χ0v) is 10.2. The van der Waals surface area contributed by atoms with Gasteiger partial charge in [0, 0.05) is 26.2 Å². The Morgan fingerprint density at radius 2 is 2.19 bits per heavy atom. The molecule has 1 fully saturated rings. The molecule has 0 radical (unpaired) electrons. The zero-order chi connectivity index (χ0) is 11.9. The first-order valence-electron chi connectivity index (χ1n) is 5.16. The molecule has 0 bridgehead atoms. The highest BCUT2D eigenvalue weighted by molar-refractivity contribution is 7.89. The second-order valence-electron chi connectivity index (χ2n) is 4.26. The Bertz CT molecular complexity index is 471. The summed E-state index contributed by atoms with van der Waals surface area (Å²) >= 11 is 0. The molecular weight excluding hydrogens is 228 g/mol. The van der Waals surface area contributed by atoms with Crippen molar-refractivity contribution in [3.8, 4) is 0 Å². The van der Waals surface area contributed by atoms with E-state index in [0.29, 0.717) is 13.1 Å². The van der Waals surface area contributed by atoms with Gasteiger partial charge in [-0.25, -0.2) is 8.42 Å². The van der Waals surface area contributed by atoms with Crippen molar-refractivity contribution in [2.75, 3.05) is 13.1 Å². The largest absolute Gasteiger partial charge is 0.326 e. The average Bonchev–Trinajstić information content (AvgIpc) is 2.75. The van der Waals surface area contributed by atoms with E-state index >= 15 is 0 Å². The van der Waals surface area contributed by atoms with Crippen molar-refractivity contribution in [2.45, 2.75) is 18.0 Å². The summed E-state index contributed by atoms with van der Waals surface area (Å²) in [6, 6.07) is 1.42. The summed E-state index contributed by atoms with van der Waals surface area (Å²) in [6.45, 7) is 2.83. The van der Waals surface area contributed by atoms with Crippen molar-refractivity contribution in [3.05, 3.63) is 12.3 Å². The topological polar surface area (TPSA) is 81.2 Å². The van der Waals surface area contributed by atoms with Gasteiger partial charge in [-0.2, -0.15) is 9.40 Å². The minimum Gasteiger partial charge on any atom is -0.326 e. The number of aromatic nitrogens is 2. The fraction of sp³-hybridized carbons (Fsp3) is 0.667. The highest BCUT2D eigenvalue weighted by Crippen LogP contribution is 2.22. The molecule has 2 unspecified atom stereocenters. The molecule has 1 aliphatic rings. The van der Waals surface area contributed by atoms with Crippen LogP contribution in [0.2, 0.25) is 0 Å². The number of aryl methyl sites for hydroxylation is 1. The molecule has 90 valence electrons. The van der Waals surface area contributed by atoms with Gasteiger partial charge in [0.25, 0.3) is 10.0 Å². The molecule has 1 aliphatic heterocycles. The second-order valence-corrected chi connectivity index (χ2v) is 6.14. The zero-order valence-electron chi connectivity index (χ0n) is 9.37. The van der Waals surface area contributed by atoms with Gasteiger partial charge in [0.1, 0.15) is 0 Å². The molecule has 2 heterocycles. The molecule has 1 aromatic heterocycles. The predicted molar refractivity (Wildman–Crippen MR) is 59.1 cm³/mol. The van der Waals surface area contributed by atoms with Gasteiger partial charge in [0.05, 0.1) is 6.20 Å². The van der Waals surface area contributed by atoms with E-state index in [1.54, 1.807) is 7.05 Å². The number of nitrogens with two attached hydrogens (primary N) is 1. The lowest BCUT2D eigenvalue weighted by molar-refractivity contribution is 0.455. The van der Waals surface area contributed by atoms with E-state index in [-0.39, 0.29) is 17.0 Å². The summed E-state index contributed by atoms with van der Waals surface area (Å²) in [4.78, 5) is 0. The van der Waals surface area contributed by atoms with E-state index in [2.05, 4.69) is 5.10 Å². The van der Waals surface area contributed by atoms with Crippen LogP contribution in [0.5, 0.6) is 0 Å². The van der Waals surface area contributed by atoms with Gasteiger partial charge in [0.2, 0.25) is 0 Å². The van der Waals surface area contributed by atoms with Crippen LogP contribution in [0.25, 0.3) is 0 Å². The van der Waals surface area contributed by atoms with Crippen LogP contribution in [-0.4, -0.2) is 41.6 Å². The normalized spacial score (nSPS) is 27.4. The molecular formula is C9H16N4O2S. The van der Waals surface area contributed by atoms with Crippen molar-refractivity contribution < 1.29 is 8.42 Å². The fourth-order valence-corrected chi connectivity index (χ4v) is 3.57. The van der Waals surface area contributed by atoms with Crippen LogP contribution in [0, 0.1) is 5.92 Å². The Kier molecular flexibility index (Phi) is 2.77. The second kappa shape index (κ2) is 3.83. The average molecular weight is 244 g/mol. The maximum absolute atomic E-state index is 12.2. The predicted octanol–water partition coefficient (Wildman–Crippen LogP) is -0.612. The number of rotatable bonds is 2. The summed E-state index contributed by atoms with van der Waals surface area (Å²) in [6.07, 6.45) is 1.48. The minimum absolute atomic E-state index is 0.0806. The van der Waals surface area contributed by atoms with Gasteiger partial charge in [-0.3, -0.25) is 4.68 Å². The SMILES string of the molecule is CC1CN(S(=O)(=O)c2ccnn2C)CC1N. The third kappa shape index (κ3) is 1.74. The molecule has 0 amide bonds. The lowest BCUT2D eigenvalue weighted by atomic mass is 10.1. The third-order valence-corrected chi connectivity index (χ3v) is 4.92. The van der Waals surface area contributed by atoms with E-state index < -0.39 is 10.0 Å². The van der Waals surface area contributed by atoms with E-state index in [1.165, 1.54) is 21.3 Å². The van der Waals surface area contributed by atoms with E-state index in [1.807, 2.05) is 6.92 Å². The van der Waals surface area contributed by atoms with Crippen molar-refractivity contribution in [1.82, 2.24) is 14.1 Å². The van der Waals surface area contributed by atoms with Gasteiger partial charge >= 0.3 is 0 Å². The monoisotopic (exact) mass is 244 g/mol. The molecule has 6 nitrogen and oxygen atoms in total. The molecule has 0 spiro atoms. The first-order chi connectivity index (χ1) is 7.43. The summed E-state index contributed by atoms with van der Waals surface area (Å²) in [5.74, 6) is 0.197. The quantitative estimate of drug-likeness (QED) is 0.752. The first kappa shape index (κ1) is 11.6. The van der Waals surface area contributed by atoms with E-state index in [4.69, 9.17) is 5.73 Å². The molecule has 2 atom stereocenters. The lowest BCUT2D eigenvalue weighted by Crippen LogP contribution is -2.33. The van der Waals surface area contributed by atoms with Gasteiger partial charge in [-0.1, -0.05) is 6.92 Å². The number of hydrogen-bond donors (Lipinski definition) is 1. The standard InChI is InChI=1S/C9H16N4O2S/c1-7-5-13(6-8(7)10)16(14,15)9-3-4-11-12(9)2/h3-4,7-8H,5-6,10H2,1-2H3. The number of sulfonamides is 1. The Morgan fingerprint density at radius 1 is 1.50 bits per heavy atom. The molecule has 0 saturated carbocycles. The summed E-state index contributed by atoms with van der Waals surface area (Å²) in [5, 5.41) is 4.09. The van der Waals surface area contributed by atoms with Crippen molar-refractivity contribution in [1.29, 1.82) is 0 Å². The fourth-order valence-electron chi connectivity index (χ4n) is 1.89. The van der Waals surface area contributed by atoms with E-state index in [0.717, 1.165) is 0 Å². The van der Waals surface area contributed by atoms with Crippen molar-refractivity contribution >= 4 is 10.0 Å². The number of hydrogen-bond acceptors (Lipinski definition) is 4. The molecule has 2 N–H and O–H groups in total. The number of nitrogens with zero attached hydrogens (tertiary/aromatic N) is 3. The van der Waals surface area contributed by atoms with Crippen molar-refractivity contribution in [2.24, 2.45) is 18.7 Å². The highest BCUT2D eigenvalue weighted by Gasteiger charge is 2.36. The van der Waals surface area contributed by atoms with Crippen LogP contribution < -0.4 is 5.73 Å². The van der Waals surface area contributed by atoms with Gasteiger partial charge in [0.15, 0.2) is 5.03 Å². The Labute approximate surface area is 95.1 Å². The summed E-state index contributed by atoms with van der Waals surface area (Å²) in [5.41, 5.74) is 5.83. The Morgan fingerprint density at radius 3 is 2.62 bits per heavy atom. The summed E-state index contributed by atoms with van der Waals surface area (Å²) in [7, 11) is -1.82. The van der Waals surface area contributed by atoms with Crippen LogP contribution in [0.3, 0.4) is 0 Å².